The third-order valence-electron chi connectivity index (χ3n) is 15.5. The van der Waals surface area contributed by atoms with Crippen molar-refractivity contribution in [1.29, 1.82) is 0 Å². The fourth-order valence-electron chi connectivity index (χ4n) is 11.2. The van der Waals surface area contributed by atoms with Crippen LogP contribution in [0.2, 0.25) is 0 Å². The molecule has 0 fully saturated rings. The van der Waals surface area contributed by atoms with E-state index in [1.165, 1.54) is 16.7 Å². The van der Waals surface area contributed by atoms with Crippen LogP contribution in [0.1, 0.15) is 79.0 Å². The first-order chi connectivity index (χ1) is 37.0. The first-order valence-electron chi connectivity index (χ1n) is 26.8. The van der Waals surface area contributed by atoms with Gasteiger partial charge >= 0.3 is 0 Å². The standard InChI is InChI=1S/C72H61N4O.Pt/c1-70(2,3)51-32-29-46(30-33-51)48-31-36-64-62(38-48)60-35-34-55-44-67(60)76(64)68-42-53(72(7,8)9)41-63(73-68)50-22-17-21-49(37-50)57-23-13-14-24-59(57)61-26-18-25-58(47-19-11-10-12-20-47)69(61)75-45-74(65-27-15-16-28-66(65)75)54-39-52(71(4,5)6)40-56(43-54)77-55;/h10-42,45H,1-9H3;/q-3;. The number of aromatic nitrogens is 4. The summed E-state index contributed by atoms with van der Waals surface area (Å²) in [5.41, 5.74) is 16.7. The van der Waals surface area contributed by atoms with Gasteiger partial charge in [-0.3, -0.25) is 0 Å². The van der Waals surface area contributed by atoms with Crippen LogP contribution in [0.4, 0.5) is 0 Å². The quantitative estimate of drug-likeness (QED) is 0.162. The summed E-state index contributed by atoms with van der Waals surface area (Å²) < 4.78 is 14.0. The summed E-state index contributed by atoms with van der Waals surface area (Å²) in [5, 5.41) is 7.68. The Bertz CT molecular complexity index is 4610. The van der Waals surface area contributed by atoms with Crippen molar-refractivity contribution in [3.05, 3.63) is 235 Å². The maximum atomic E-state index is 7.07. The maximum absolute atomic E-state index is 7.07. The second-order valence-electron chi connectivity index (χ2n) is 23.8. The Balaban J connectivity index is 0.00000609. The Labute approximate surface area is 470 Å². The van der Waals surface area contributed by atoms with E-state index in [0.29, 0.717) is 11.2 Å². The van der Waals surface area contributed by atoms with Crippen molar-refractivity contribution in [2.24, 2.45) is 0 Å². The van der Waals surface area contributed by atoms with Crippen molar-refractivity contribution in [3.63, 3.8) is 0 Å². The molecule has 6 heteroatoms. The van der Waals surface area contributed by atoms with Gasteiger partial charge in [-0.15, -0.1) is 29.1 Å². The number of para-hydroxylation sites is 3. The Morgan fingerprint density at radius 1 is 0.436 bits per heavy atom. The van der Waals surface area contributed by atoms with E-state index in [0.717, 1.165) is 105 Å². The van der Waals surface area contributed by atoms with Crippen LogP contribution in [-0.2, 0) is 37.3 Å². The van der Waals surface area contributed by atoms with E-state index in [1.807, 2.05) is 0 Å². The van der Waals surface area contributed by atoms with E-state index in [4.69, 9.17) is 9.40 Å². The fourth-order valence-corrected chi connectivity index (χ4v) is 11.2. The molecule has 0 saturated heterocycles. The Morgan fingerprint density at radius 3 is 1.82 bits per heavy atom. The first kappa shape index (κ1) is 50.7. The summed E-state index contributed by atoms with van der Waals surface area (Å²) >= 11 is 0. The summed E-state index contributed by atoms with van der Waals surface area (Å²) in [6, 6.07) is 80.5. The predicted octanol–water partition coefficient (Wildman–Crippen LogP) is 19.4. The third kappa shape index (κ3) is 8.98. The topological polar surface area (TPSA) is 40.3 Å². The number of rotatable bonds is 2. The van der Waals surface area contributed by atoms with Gasteiger partial charge in [-0.25, -0.2) is 4.98 Å². The molecule has 0 saturated carbocycles. The largest absolute Gasteiger partial charge is 0.510 e. The molecule has 1 aliphatic rings. The molecule has 13 rings (SSSR count). The molecule has 0 N–H and O–H groups in total. The molecule has 12 aromatic rings. The molecule has 4 heterocycles. The van der Waals surface area contributed by atoms with Gasteiger partial charge in [-0.2, -0.15) is 23.8 Å². The molecule has 3 aromatic heterocycles. The molecule has 388 valence electrons. The first-order valence-corrected chi connectivity index (χ1v) is 26.8. The van der Waals surface area contributed by atoms with Crippen LogP contribution in [-0.4, -0.2) is 18.5 Å². The zero-order valence-electron chi connectivity index (χ0n) is 45.6. The second kappa shape index (κ2) is 19.1. The molecular weight excluding hydrogens is 1130 g/mol. The van der Waals surface area contributed by atoms with Crippen LogP contribution >= 0.6 is 0 Å². The van der Waals surface area contributed by atoms with Gasteiger partial charge in [-0.05, 0) is 118 Å². The Morgan fingerprint density at radius 2 is 1.08 bits per heavy atom. The molecule has 78 heavy (non-hydrogen) atoms. The average Bonchev–Trinajstić information content (AvgIpc) is 4.05. The van der Waals surface area contributed by atoms with Crippen molar-refractivity contribution in [1.82, 2.24) is 18.5 Å². The SMILES string of the molecule is CC(C)(C)c1ccc(-c2ccc3c(c2)c2ccc4[c-]c2n3c2cc(C(C)(C)C)cc(n2)c2cccc(c2)c2ccccc2c2cccc(-c3ccccc3)c2n2[cH-]n(c3[c-]c(cc(C(C)(C)C)c3)o4)-c3ccccc3-2)cc1.[Pt]. The van der Waals surface area contributed by atoms with E-state index >= 15 is 0 Å². The monoisotopic (exact) mass is 1190 g/mol. The van der Waals surface area contributed by atoms with E-state index < -0.39 is 0 Å². The number of hydrogen-bond donors (Lipinski definition) is 0. The summed E-state index contributed by atoms with van der Waals surface area (Å²) in [4.78, 5) is 5.66. The minimum Gasteiger partial charge on any atom is -0.510 e. The van der Waals surface area contributed by atoms with E-state index in [1.54, 1.807) is 0 Å². The molecule has 10 bridgehead atoms. The van der Waals surface area contributed by atoms with Crippen LogP contribution in [0, 0.1) is 12.1 Å². The number of imidazole rings is 1. The Kier molecular flexibility index (Phi) is 12.4. The van der Waals surface area contributed by atoms with Gasteiger partial charge in [0.15, 0.2) is 0 Å². The van der Waals surface area contributed by atoms with Gasteiger partial charge in [0.25, 0.3) is 0 Å². The van der Waals surface area contributed by atoms with Gasteiger partial charge in [-0.1, -0.05) is 219 Å². The van der Waals surface area contributed by atoms with Crippen molar-refractivity contribution in [2.75, 3.05) is 0 Å². The molecule has 0 radical (unpaired) electrons. The molecule has 0 atom stereocenters. The second-order valence-corrected chi connectivity index (χ2v) is 23.8. The van der Waals surface area contributed by atoms with Gasteiger partial charge in [0.05, 0.1) is 5.52 Å². The number of pyridine rings is 1. The molecule has 5 nitrogen and oxygen atoms in total. The van der Waals surface area contributed by atoms with Crippen molar-refractivity contribution < 1.29 is 25.5 Å². The molecule has 0 aliphatic carbocycles. The van der Waals surface area contributed by atoms with Gasteiger partial charge in [0.2, 0.25) is 0 Å². The van der Waals surface area contributed by atoms with E-state index in [2.05, 4.69) is 294 Å². The number of benzene rings is 9. The molecular formula is C72H61N4OPt-3. The van der Waals surface area contributed by atoms with Gasteiger partial charge < -0.3 is 18.0 Å². The molecule has 1 aliphatic heterocycles. The minimum absolute atomic E-state index is 0. The Hall–Kier alpha value is -8.11. The zero-order chi connectivity index (χ0) is 53.0. The number of fused-ring (bicyclic) bond motifs is 23. The van der Waals surface area contributed by atoms with Crippen molar-refractivity contribution in [3.8, 4) is 33.6 Å². The van der Waals surface area contributed by atoms with Gasteiger partial charge in [0, 0.05) is 49.5 Å². The zero-order valence-corrected chi connectivity index (χ0v) is 47.9. The predicted molar refractivity (Wildman–Crippen MR) is 324 cm³/mol. The van der Waals surface area contributed by atoms with E-state index in [9.17, 15) is 0 Å². The summed E-state index contributed by atoms with van der Waals surface area (Å²) in [6.07, 6.45) is 2.23. The molecule has 9 aromatic carbocycles. The van der Waals surface area contributed by atoms with Crippen LogP contribution in [0.15, 0.2) is 211 Å². The maximum Gasteiger partial charge on any atom is 0.136 e. The molecule has 0 amide bonds. The fraction of sp³-hybridized carbons (Fsp3) is 0.167. The number of nitrogens with zero attached hydrogens (tertiary/aromatic N) is 4. The van der Waals surface area contributed by atoms with Crippen LogP contribution in [0.5, 0.6) is 0 Å². The normalized spacial score (nSPS) is 12.3. The molecule has 0 unspecified atom stereocenters. The van der Waals surface area contributed by atoms with Crippen molar-refractivity contribution >= 4 is 82.1 Å². The smallest absolute Gasteiger partial charge is 0.136 e. The van der Waals surface area contributed by atoms with Gasteiger partial charge in [0.1, 0.15) is 5.65 Å². The van der Waals surface area contributed by atoms with Crippen LogP contribution in [0.3, 0.4) is 0 Å². The van der Waals surface area contributed by atoms with Crippen LogP contribution in [0.25, 0.3) is 116 Å². The van der Waals surface area contributed by atoms with Crippen LogP contribution < -0.4 is 0 Å². The summed E-state index contributed by atoms with van der Waals surface area (Å²) in [6.45, 7) is 20.4. The average molecular weight is 1190 g/mol. The van der Waals surface area contributed by atoms with E-state index in [-0.39, 0.29) is 37.3 Å². The number of hydrogen-bond acceptors (Lipinski definition) is 2. The minimum atomic E-state index is -0.215. The summed E-state index contributed by atoms with van der Waals surface area (Å²) in [7, 11) is 0. The molecule has 0 spiro atoms. The summed E-state index contributed by atoms with van der Waals surface area (Å²) in [5.74, 6) is 0. The van der Waals surface area contributed by atoms with Crippen molar-refractivity contribution in [2.45, 2.75) is 78.6 Å². The third-order valence-corrected chi connectivity index (χ3v) is 15.5.